The molecule has 9 heteroatoms. The molecule has 0 atom stereocenters. The van der Waals surface area contributed by atoms with Crippen LogP contribution in [0.25, 0.3) is 23.0 Å². The number of halogens is 1. The summed E-state index contributed by atoms with van der Waals surface area (Å²) in [4.78, 5) is 4.34. The summed E-state index contributed by atoms with van der Waals surface area (Å²) in [6.07, 6.45) is 3.35. The normalized spacial score (nSPS) is 11.0. The lowest BCUT2D eigenvalue weighted by Gasteiger charge is -2.04. The minimum absolute atomic E-state index is 0.317. The Morgan fingerprint density at radius 2 is 2.04 bits per heavy atom. The van der Waals surface area contributed by atoms with Crippen molar-refractivity contribution in [2.45, 2.75) is 17.5 Å². The zero-order valence-electron chi connectivity index (χ0n) is 14.1. The van der Waals surface area contributed by atoms with Gasteiger partial charge in [0, 0.05) is 12.1 Å². The number of benzene rings is 1. The minimum atomic E-state index is -0.317. The average Bonchev–Trinajstić information content (AvgIpc) is 3.42. The third-order valence-electron chi connectivity index (χ3n) is 3.66. The van der Waals surface area contributed by atoms with Gasteiger partial charge < -0.3 is 8.94 Å². The van der Waals surface area contributed by atoms with Crippen molar-refractivity contribution in [3.8, 4) is 23.0 Å². The lowest BCUT2D eigenvalue weighted by atomic mass is 10.2. The number of aromatic nitrogens is 5. The number of rotatable bonds is 7. The van der Waals surface area contributed by atoms with Gasteiger partial charge >= 0.3 is 0 Å². The van der Waals surface area contributed by atoms with E-state index >= 15 is 0 Å². The maximum absolute atomic E-state index is 13.0. The van der Waals surface area contributed by atoms with Gasteiger partial charge in [0.25, 0.3) is 5.89 Å². The number of hydrogen-bond acceptors (Lipinski definition) is 7. The van der Waals surface area contributed by atoms with E-state index in [9.17, 15) is 4.39 Å². The van der Waals surface area contributed by atoms with E-state index in [-0.39, 0.29) is 5.82 Å². The third kappa shape index (κ3) is 3.68. The summed E-state index contributed by atoms with van der Waals surface area (Å²) in [5.41, 5.74) is 0.662. The zero-order chi connectivity index (χ0) is 18.6. The Bertz CT molecular complexity index is 1040. The first-order valence-corrected chi connectivity index (χ1v) is 9.02. The Labute approximate surface area is 157 Å². The number of thioether (sulfide) groups is 1. The van der Waals surface area contributed by atoms with Gasteiger partial charge in [-0.3, -0.25) is 4.57 Å². The number of allylic oxidation sites excluding steroid dienone is 1. The first-order chi connectivity index (χ1) is 13.2. The van der Waals surface area contributed by atoms with Crippen molar-refractivity contribution in [1.29, 1.82) is 0 Å². The summed E-state index contributed by atoms with van der Waals surface area (Å²) in [6, 6.07) is 9.51. The van der Waals surface area contributed by atoms with Crippen LogP contribution in [0.4, 0.5) is 4.39 Å². The number of nitrogens with zero attached hydrogens (tertiary/aromatic N) is 5. The van der Waals surface area contributed by atoms with Crippen LogP contribution in [0, 0.1) is 5.82 Å². The van der Waals surface area contributed by atoms with Crippen molar-refractivity contribution >= 4 is 11.8 Å². The van der Waals surface area contributed by atoms with Gasteiger partial charge in [-0.15, -0.1) is 16.8 Å². The van der Waals surface area contributed by atoms with Crippen molar-refractivity contribution in [3.63, 3.8) is 0 Å². The molecule has 0 bridgehead atoms. The third-order valence-corrected chi connectivity index (χ3v) is 4.62. The predicted octanol–water partition coefficient (Wildman–Crippen LogP) is 4.21. The number of hydrogen-bond donors (Lipinski definition) is 0. The molecule has 0 saturated carbocycles. The lowest BCUT2D eigenvalue weighted by Crippen LogP contribution is -2.00. The highest BCUT2D eigenvalue weighted by Gasteiger charge is 2.17. The molecule has 0 saturated heterocycles. The summed E-state index contributed by atoms with van der Waals surface area (Å²) in [7, 11) is 0. The monoisotopic (exact) mass is 383 g/mol. The molecule has 4 aromatic rings. The molecule has 0 radical (unpaired) electrons. The molecule has 4 rings (SSSR count). The molecule has 0 aliphatic rings. The molecule has 136 valence electrons. The van der Waals surface area contributed by atoms with Crippen LogP contribution in [0.3, 0.4) is 0 Å². The maximum Gasteiger partial charge on any atom is 0.257 e. The molecule has 0 amide bonds. The van der Waals surface area contributed by atoms with E-state index in [1.54, 1.807) is 30.5 Å². The van der Waals surface area contributed by atoms with Crippen LogP contribution >= 0.6 is 11.8 Å². The standard InChI is InChI=1S/C18H14FN5O2S/c1-2-9-24-16(14-4-3-10-25-14)21-22-18(24)27-11-15-20-17(26-23-15)12-5-7-13(19)8-6-12/h2-8,10H,1,9,11H2. The van der Waals surface area contributed by atoms with E-state index < -0.39 is 0 Å². The summed E-state index contributed by atoms with van der Waals surface area (Å²) < 4.78 is 25.6. The first-order valence-electron chi connectivity index (χ1n) is 8.04. The van der Waals surface area contributed by atoms with E-state index in [1.165, 1.54) is 23.9 Å². The summed E-state index contributed by atoms with van der Waals surface area (Å²) in [5, 5.41) is 13.1. The molecular weight excluding hydrogens is 369 g/mol. The van der Waals surface area contributed by atoms with Crippen molar-refractivity contribution in [2.24, 2.45) is 0 Å². The van der Waals surface area contributed by atoms with Crippen LogP contribution in [0.15, 0.2) is 69.4 Å². The second-order valence-electron chi connectivity index (χ2n) is 5.49. The largest absolute Gasteiger partial charge is 0.461 e. The molecule has 0 fully saturated rings. The first kappa shape index (κ1) is 17.2. The molecule has 7 nitrogen and oxygen atoms in total. The number of furan rings is 1. The van der Waals surface area contributed by atoms with Gasteiger partial charge in [0.05, 0.1) is 12.0 Å². The van der Waals surface area contributed by atoms with Crippen LogP contribution in [0.5, 0.6) is 0 Å². The summed E-state index contributed by atoms with van der Waals surface area (Å²) >= 11 is 1.42. The highest BCUT2D eigenvalue weighted by Crippen LogP contribution is 2.27. The highest BCUT2D eigenvalue weighted by atomic mass is 32.2. The molecule has 3 aromatic heterocycles. The molecule has 0 aliphatic heterocycles. The van der Waals surface area contributed by atoms with Gasteiger partial charge in [0.15, 0.2) is 16.7 Å². The van der Waals surface area contributed by atoms with Gasteiger partial charge in [-0.2, -0.15) is 4.98 Å². The fourth-order valence-electron chi connectivity index (χ4n) is 2.43. The van der Waals surface area contributed by atoms with Gasteiger partial charge in [0.1, 0.15) is 5.82 Å². The second-order valence-corrected chi connectivity index (χ2v) is 6.44. The lowest BCUT2D eigenvalue weighted by molar-refractivity contribution is 0.425. The van der Waals surface area contributed by atoms with E-state index in [0.717, 1.165) is 0 Å². The molecule has 0 aliphatic carbocycles. The Morgan fingerprint density at radius 1 is 1.19 bits per heavy atom. The van der Waals surface area contributed by atoms with E-state index in [2.05, 4.69) is 26.9 Å². The van der Waals surface area contributed by atoms with E-state index in [0.29, 0.717) is 46.3 Å². The van der Waals surface area contributed by atoms with Crippen LogP contribution in [0.2, 0.25) is 0 Å². The zero-order valence-corrected chi connectivity index (χ0v) is 14.9. The molecule has 0 spiro atoms. The Hall–Kier alpha value is -3.20. The average molecular weight is 383 g/mol. The van der Waals surface area contributed by atoms with E-state index in [4.69, 9.17) is 8.94 Å². The summed E-state index contributed by atoms with van der Waals surface area (Å²) in [5.74, 6) is 2.24. The molecule has 27 heavy (non-hydrogen) atoms. The predicted molar refractivity (Wildman–Crippen MR) is 97.2 cm³/mol. The maximum atomic E-state index is 13.0. The van der Waals surface area contributed by atoms with Crippen molar-refractivity contribution in [3.05, 3.63) is 67.0 Å². The van der Waals surface area contributed by atoms with Crippen molar-refractivity contribution in [2.75, 3.05) is 0 Å². The van der Waals surface area contributed by atoms with Gasteiger partial charge in [-0.1, -0.05) is 23.0 Å². The van der Waals surface area contributed by atoms with Gasteiger partial charge in [0.2, 0.25) is 5.82 Å². The van der Waals surface area contributed by atoms with Crippen molar-refractivity contribution < 1.29 is 13.3 Å². The van der Waals surface area contributed by atoms with Crippen molar-refractivity contribution in [1.82, 2.24) is 24.9 Å². The summed E-state index contributed by atoms with van der Waals surface area (Å²) in [6.45, 7) is 4.32. The smallest absolute Gasteiger partial charge is 0.257 e. The molecule has 1 aromatic carbocycles. The molecule has 0 unspecified atom stereocenters. The van der Waals surface area contributed by atoms with Crippen LogP contribution in [-0.4, -0.2) is 24.9 Å². The Balaban J connectivity index is 1.51. The van der Waals surface area contributed by atoms with Crippen LogP contribution < -0.4 is 0 Å². The second kappa shape index (κ2) is 7.58. The van der Waals surface area contributed by atoms with E-state index in [1.807, 2.05) is 10.6 Å². The molecular formula is C18H14FN5O2S. The molecule has 3 heterocycles. The van der Waals surface area contributed by atoms with Crippen LogP contribution in [-0.2, 0) is 12.3 Å². The topological polar surface area (TPSA) is 82.8 Å². The molecule has 0 N–H and O–H groups in total. The SMILES string of the molecule is C=CCn1c(SCc2noc(-c3ccc(F)cc3)n2)nnc1-c1ccco1. The van der Waals surface area contributed by atoms with Gasteiger partial charge in [-0.05, 0) is 36.4 Å². The highest BCUT2D eigenvalue weighted by molar-refractivity contribution is 7.98. The Morgan fingerprint density at radius 3 is 2.78 bits per heavy atom. The quantitative estimate of drug-likeness (QED) is 0.349. The fraction of sp³-hybridized carbons (Fsp3) is 0.111. The fourth-order valence-corrected chi connectivity index (χ4v) is 3.22. The van der Waals surface area contributed by atoms with Gasteiger partial charge in [-0.25, -0.2) is 4.39 Å². The Kier molecular flexibility index (Phi) is 4.84. The minimum Gasteiger partial charge on any atom is -0.461 e. The van der Waals surface area contributed by atoms with Crippen LogP contribution in [0.1, 0.15) is 5.82 Å².